The fraction of sp³-hybridized carbons (Fsp3) is 0.286. The van der Waals surface area contributed by atoms with Crippen molar-refractivity contribution in [2.45, 2.75) is 6.92 Å². The number of nitrogens with zero attached hydrogens (tertiary/aromatic N) is 4. The molecule has 0 unspecified atom stereocenters. The van der Waals surface area contributed by atoms with Crippen LogP contribution in [0.25, 0.3) is 10.6 Å². The predicted octanol–water partition coefficient (Wildman–Crippen LogP) is 3.48. The monoisotopic (exact) mass is 394 g/mol. The van der Waals surface area contributed by atoms with Gasteiger partial charge in [0.05, 0.1) is 7.11 Å². The highest BCUT2D eigenvalue weighted by atomic mass is 32.1. The SMILES string of the molecule is COc1ccc(C(=O)N2CCN(c3ccc(-c4nc(C)cs4)cn3)CC2)cc1. The number of thiazole rings is 1. The maximum atomic E-state index is 12.7. The minimum atomic E-state index is 0.0600. The summed E-state index contributed by atoms with van der Waals surface area (Å²) in [4.78, 5) is 25.9. The molecular formula is C21H22N4O2S. The number of aromatic nitrogens is 2. The van der Waals surface area contributed by atoms with Gasteiger partial charge in [-0.05, 0) is 43.3 Å². The van der Waals surface area contributed by atoms with Crippen molar-refractivity contribution in [3.05, 3.63) is 59.2 Å². The average molecular weight is 395 g/mol. The largest absolute Gasteiger partial charge is 0.497 e. The van der Waals surface area contributed by atoms with Crippen LogP contribution in [0.4, 0.5) is 5.82 Å². The van der Waals surface area contributed by atoms with Gasteiger partial charge in [-0.15, -0.1) is 11.3 Å². The molecule has 6 nitrogen and oxygen atoms in total. The number of pyridine rings is 1. The van der Waals surface area contributed by atoms with Gasteiger partial charge in [-0.3, -0.25) is 4.79 Å². The van der Waals surface area contributed by atoms with E-state index in [1.807, 2.05) is 53.7 Å². The van der Waals surface area contributed by atoms with E-state index < -0.39 is 0 Å². The second kappa shape index (κ2) is 7.98. The van der Waals surface area contributed by atoms with Gasteiger partial charge < -0.3 is 14.5 Å². The molecule has 144 valence electrons. The molecule has 7 heteroatoms. The lowest BCUT2D eigenvalue weighted by Gasteiger charge is -2.35. The number of methoxy groups -OCH3 is 1. The van der Waals surface area contributed by atoms with Crippen molar-refractivity contribution in [3.8, 4) is 16.3 Å². The first-order valence-corrected chi connectivity index (χ1v) is 10.1. The van der Waals surface area contributed by atoms with Crippen LogP contribution in [0.5, 0.6) is 5.75 Å². The maximum absolute atomic E-state index is 12.7. The number of hydrogen-bond acceptors (Lipinski definition) is 6. The maximum Gasteiger partial charge on any atom is 0.253 e. The van der Waals surface area contributed by atoms with Crippen LogP contribution in [0, 0.1) is 6.92 Å². The lowest BCUT2D eigenvalue weighted by atomic mass is 10.1. The van der Waals surface area contributed by atoms with Gasteiger partial charge in [0.15, 0.2) is 0 Å². The van der Waals surface area contributed by atoms with E-state index in [1.54, 1.807) is 18.4 Å². The predicted molar refractivity (Wildman–Crippen MR) is 111 cm³/mol. The molecule has 0 spiro atoms. The van der Waals surface area contributed by atoms with Crippen LogP contribution in [-0.4, -0.2) is 54.1 Å². The standard InChI is InChI=1S/C21H22N4O2S/c1-15-14-28-20(23-15)17-5-8-19(22-13-17)24-9-11-25(12-10-24)21(26)16-3-6-18(27-2)7-4-16/h3-8,13-14H,9-12H2,1-2H3. The zero-order chi connectivity index (χ0) is 19.5. The van der Waals surface area contributed by atoms with Gasteiger partial charge in [0.1, 0.15) is 16.6 Å². The van der Waals surface area contributed by atoms with Crippen LogP contribution in [0.1, 0.15) is 16.1 Å². The Morgan fingerprint density at radius 1 is 1.07 bits per heavy atom. The molecule has 0 aliphatic carbocycles. The summed E-state index contributed by atoms with van der Waals surface area (Å²) in [5.41, 5.74) is 2.76. The molecule has 3 aromatic rings. The van der Waals surface area contributed by atoms with Crippen molar-refractivity contribution in [2.75, 3.05) is 38.2 Å². The molecule has 0 radical (unpaired) electrons. The summed E-state index contributed by atoms with van der Waals surface area (Å²) >= 11 is 1.63. The Hall–Kier alpha value is -2.93. The number of anilines is 1. The highest BCUT2D eigenvalue weighted by Crippen LogP contribution is 2.25. The Balaban J connectivity index is 1.37. The molecule has 0 atom stereocenters. The average Bonchev–Trinajstić information content (AvgIpc) is 3.20. The normalized spacial score (nSPS) is 14.2. The molecule has 3 heterocycles. The fourth-order valence-corrected chi connectivity index (χ4v) is 4.03. The summed E-state index contributed by atoms with van der Waals surface area (Å²) in [6, 6.07) is 11.4. The molecule has 28 heavy (non-hydrogen) atoms. The first-order chi connectivity index (χ1) is 13.6. The van der Waals surface area contributed by atoms with Crippen LogP contribution in [0.2, 0.25) is 0 Å². The van der Waals surface area contributed by atoms with Crippen molar-refractivity contribution < 1.29 is 9.53 Å². The molecular weight excluding hydrogens is 372 g/mol. The lowest BCUT2D eigenvalue weighted by molar-refractivity contribution is 0.0746. The fourth-order valence-electron chi connectivity index (χ4n) is 3.24. The van der Waals surface area contributed by atoms with E-state index in [0.717, 1.165) is 40.9 Å². The minimum Gasteiger partial charge on any atom is -0.497 e. The van der Waals surface area contributed by atoms with Crippen LogP contribution >= 0.6 is 11.3 Å². The highest BCUT2D eigenvalue weighted by Gasteiger charge is 2.23. The molecule has 1 aliphatic rings. The minimum absolute atomic E-state index is 0.0600. The summed E-state index contributed by atoms with van der Waals surface area (Å²) in [6.45, 7) is 4.89. The second-order valence-electron chi connectivity index (χ2n) is 6.71. The summed E-state index contributed by atoms with van der Waals surface area (Å²) in [5.74, 6) is 1.75. The van der Waals surface area contributed by atoms with Gasteiger partial charge in [-0.2, -0.15) is 0 Å². The number of ether oxygens (including phenoxy) is 1. The quantitative estimate of drug-likeness (QED) is 0.678. The summed E-state index contributed by atoms with van der Waals surface area (Å²) < 4.78 is 5.15. The number of piperazine rings is 1. The van der Waals surface area contributed by atoms with Crippen LogP contribution < -0.4 is 9.64 Å². The zero-order valence-corrected chi connectivity index (χ0v) is 16.8. The van der Waals surface area contributed by atoms with Crippen molar-refractivity contribution in [2.24, 2.45) is 0 Å². The lowest BCUT2D eigenvalue weighted by Crippen LogP contribution is -2.49. The zero-order valence-electron chi connectivity index (χ0n) is 16.0. The van der Waals surface area contributed by atoms with E-state index in [1.165, 1.54) is 0 Å². The Kier molecular flexibility index (Phi) is 5.25. The molecule has 1 aliphatic heterocycles. The van der Waals surface area contributed by atoms with E-state index in [2.05, 4.69) is 20.9 Å². The van der Waals surface area contributed by atoms with Gasteiger partial charge in [-0.25, -0.2) is 9.97 Å². The number of carbonyl (C=O) groups is 1. The van der Waals surface area contributed by atoms with Gasteiger partial charge in [0.25, 0.3) is 5.91 Å². The molecule has 1 saturated heterocycles. The van der Waals surface area contributed by atoms with Gasteiger partial charge in [-0.1, -0.05) is 0 Å². The van der Waals surface area contributed by atoms with Gasteiger partial charge in [0.2, 0.25) is 0 Å². The van der Waals surface area contributed by atoms with Crippen molar-refractivity contribution in [3.63, 3.8) is 0 Å². The summed E-state index contributed by atoms with van der Waals surface area (Å²) in [6.07, 6.45) is 1.88. The molecule has 1 amide bonds. The van der Waals surface area contributed by atoms with E-state index >= 15 is 0 Å². The molecule has 2 aromatic heterocycles. The van der Waals surface area contributed by atoms with Gasteiger partial charge >= 0.3 is 0 Å². The third-order valence-electron chi connectivity index (χ3n) is 4.84. The smallest absolute Gasteiger partial charge is 0.253 e. The molecule has 4 rings (SSSR count). The molecule has 1 aromatic carbocycles. The van der Waals surface area contributed by atoms with Crippen molar-refractivity contribution in [1.29, 1.82) is 0 Å². The van der Waals surface area contributed by atoms with E-state index in [4.69, 9.17) is 4.74 Å². The third-order valence-corrected chi connectivity index (χ3v) is 5.85. The van der Waals surface area contributed by atoms with Crippen molar-refractivity contribution in [1.82, 2.24) is 14.9 Å². The summed E-state index contributed by atoms with van der Waals surface area (Å²) in [7, 11) is 1.62. The summed E-state index contributed by atoms with van der Waals surface area (Å²) in [5, 5.41) is 3.04. The Labute approximate surface area is 168 Å². The second-order valence-corrected chi connectivity index (χ2v) is 7.56. The number of hydrogen-bond donors (Lipinski definition) is 0. The van der Waals surface area contributed by atoms with E-state index in [-0.39, 0.29) is 5.91 Å². The van der Waals surface area contributed by atoms with Crippen molar-refractivity contribution >= 4 is 23.1 Å². The molecule has 1 fully saturated rings. The number of carbonyl (C=O) groups excluding carboxylic acids is 1. The number of rotatable bonds is 4. The Bertz CT molecular complexity index is 945. The van der Waals surface area contributed by atoms with Crippen LogP contribution in [0.15, 0.2) is 48.0 Å². The molecule has 0 N–H and O–H groups in total. The third kappa shape index (κ3) is 3.84. The Morgan fingerprint density at radius 2 is 1.82 bits per heavy atom. The first-order valence-electron chi connectivity index (χ1n) is 9.21. The van der Waals surface area contributed by atoms with Crippen LogP contribution in [-0.2, 0) is 0 Å². The molecule has 0 saturated carbocycles. The first kappa shape index (κ1) is 18.4. The topological polar surface area (TPSA) is 58.6 Å². The highest BCUT2D eigenvalue weighted by molar-refractivity contribution is 7.13. The van der Waals surface area contributed by atoms with E-state index in [9.17, 15) is 4.79 Å². The molecule has 0 bridgehead atoms. The number of amides is 1. The van der Waals surface area contributed by atoms with Crippen LogP contribution in [0.3, 0.4) is 0 Å². The van der Waals surface area contributed by atoms with E-state index in [0.29, 0.717) is 18.7 Å². The number of benzene rings is 1. The Morgan fingerprint density at radius 3 is 2.39 bits per heavy atom. The van der Waals surface area contributed by atoms with Gasteiger partial charge in [0, 0.05) is 54.6 Å². The number of aryl methyl sites for hydroxylation is 1.